The number of rotatable bonds is 2. The van der Waals surface area contributed by atoms with Gasteiger partial charge in [0.05, 0.1) is 0 Å². The summed E-state index contributed by atoms with van der Waals surface area (Å²) in [5.74, 6) is 1.68. The van der Waals surface area contributed by atoms with E-state index in [1.807, 2.05) is 12.1 Å². The summed E-state index contributed by atoms with van der Waals surface area (Å²) in [6.07, 6.45) is 2.47. The molecule has 1 aliphatic rings. The van der Waals surface area contributed by atoms with Crippen LogP contribution in [0, 0.1) is 5.92 Å². The molecule has 0 spiro atoms. The summed E-state index contributed by atoms with van der Waals surface area (Å²) in [6.45, 7) is 2.92. The van der Waals surface area contributed by atoms with Crippen LogP contribution in [0.1, 0.15) is 12.8 Å². The van der Waals surface area contributed by atoms with Gasteiger partial charge in [-0.2, -0.15) is 0 Å². The van der Waals surface area contributed by atoms with Crippen molar-refractivity contribution in [2.24, 2.45) is 11.7 Å². The highest BCUT2D eigenvalue weighted by Gasteiger charge is 2.19. The lowest BCUT2D eigenvalue weighted by molar-refractivity contribution is 0.421. The first-order valence-corrected chi connectivity index (χ1v) is 6.16. The first kappa shape index (κ1) is 10.9. The zero-order valence-corrected chi connectivity index (χ0v) is 10.3. The van der Waals surface area contributed by atoms with Gasteiger partial charge in [0, 0.05) is 13.1 Å². The van der Waals surface area contributed by atoms with Gasteiger partial charge < -0.3 is 10.6 Å². The Morgan fingerprint density at radius 3 is 3.13 bits per heavy atom. The predicted molar refractivity (Wildman–Crippen MR) is 65.9 cm³/mol. The standard InChI is InChI=1S/C11H16BrN3/c12-10-4-1-5-11(14-10)15-6-2-3-9(7-13)8-15/h1,4-5,9H,2-3,6-8,13H2. The molecule has 1 aliphatic heterocycles. The molecule has 1 fully saturated rings. The molecular formula is C11H16BrN3. The van der Waals surface area contributed by atoms with Crippen LogP contribution in [0.4, 0.5) is 5.82 Å². The van der Waals surface area contributed by atoms with Crippen molar-refractivity contribution in [2.45, 2.75) is 12.8 Å². The van der Waals surface area contributed by atoms with Crippen molar-refractivity contribution in [3.63, 3.8) is 0 Å². The SMILES string of the molecule is NCC1CCCN(c2cccc(Br)n2)C1. The summed E-state index contributed by atoms with van der Waals surface area (Å²) in [6, 6.07) is 6.04. The summed E-state index contributed by atoms with van der Waals surface area (Å²) in [7, 11) is 0. The molecule has 2 N–H and O–H groups in total. The third kappa shape index (κ3) is 2.69. The minimum atomic E-state index is 0.625. The molecule has 1 aromatic rings. The number of aromatic nitrogens is 1. The first-order valence-electron chi connectivity index (χ1n) is 5.37. The molecule has 2 heterocycles. The molecule has 4 heteroatoms. The van der Waals surface area contributed by atoms with Crippen molar-refractivity contribution in [3.05, 3.63) is 22.8 Å². The predicted octanol–water partition coefficient (Wildman–Crippen LogP) is 2.02. The number of piperidine rings is 1. The Balaban J connectivity index is 2.09. The largest absolute Gasteiger partial charge is 0.356 e. The molecular weight excluding hydrogens is 254 g/mol. The molecule has 0 amide bonds. The fourth-order valence-electron chi connectivity index (χ4n) is 2.04. The van der Waals surface area contributed by atoms with Crippen LogP contribution >= 0.6 is 15.9 Å². The van der Waals surface area contributed by atoms with Gasteiger partial charge in [-0.25, -0.2) is 4.98 Å². The van der Waals surface area contributed by atoms with E-state index in [0.717, 1.165) is 30.1 Å². The molecule has 1 aromatic heterocycles. The molecule has 3 nitrogen and oxygen atoms in total. The number of anilines is 1. The number of nitrogens with two attached hydrogens (primary N) is 1. The van der Waals surface area contributed by atoms with Crippen molar-refractivity contribution in [1.82, 2.24) is 4.98 Å². The maximum atomic E-state index is 5.72. The number of pyridine rings is 1. The second-order valence-corrected chi connectivity index (χ2v) is 4.82. The van der Waals surface area contributed by atoms with E-state index in [-0.39, 0.29) is 0 Å². The third-order valence-electron chi connectivity index (χ3n) is 2.88. The van der Waals surface area contributed by atoms with Gasteiger partial charge in [-0.3, -0.25) is 0 Å². The first-order chi connectivity index (χ1) is 7.29. The molecule has 1 saturated heterocycles. The molecule has 0 radical (unpaired) electrons. The summed E-state index contributed by atoms with van der Waals surface area (Å²) in [4.78, 5) is 6.79. The summed E-state index contributed by atoms with van der Waals surface area (Å²) < 4.78 is 0.898. The Kier molecular flexibility index (Phi) is 3.59. The Morgan fingerprint density at radius 1 is 1.53 bits per heavy atom. The Hall–Kier alpha value is -0.610. The molecule has 82 valence electrons. The average Bonchev–Trinajstić information content (AvgIpc) is 2.29. The van der Waals surface area contributed by atoms with Gasteiger partial charge in [-0.15, -0.1) is 0 Å². The van der Waals surface area contributed by atoms with E-state index in [0.29, 0.717) is 5.92 Å². The van der Waals surface area contributed by atoms with Gasteiger partial charge in [0.1, 0.15) is 10.4 Å². The average molecular weight is 270 g/mol. The zero-order chi connectivity index (χ0) is 10.7. The Bertz CT molecular complexity index is 329. The molecule has 0 aromatic carbocycles. The van der Waals surface area contributed by atoms with E-state index in [4.69, 9.17) is 5.73 Å². The molecule has 15 heavy (non-hydrogen) atoms. The van der Waals surface area contributed by atoms with E-state index in [1.165, 1.54) is 12.8 Å². The normalized spacial score (nSPS) is 21.7. The van der Waals surface area contributed by atoms with Crippen LogP contribution in [0.2, 0.25) is 0 Å². The van der Waals surface area contributed by atoms with E-state index < -0.39 is 0 Å². The number of hydrogen-bond acceptors (Lipinski definition) is 3. The van der Waals surface area contributed by atoms with Gasteiger partial charge in [0.2, 0.25) is 0 Å². The van der Waals surface area contributed by atoms with Gasteiger partial charge >= 0.3 is 0 Å². The van der Waals surface area contributed by atoms with E-state index in [1.54, 1.807) is 0 Å². The fourth-order valence-corrected chi connectivity index (χ4v) is 2.37. The summed E-state index contributed by atoms with van der Waals surface area (Å²) >= 11 is 3.40. The quantitative estimate of drug-likeness (QED) is 0.836. The Labute approximate surface area is 98.8 Å². The van der Waals surface area contributed by atoms with Gasteiger partial charge in [0.15, 0.2) is 0 Å². The topological polar surface area (TPSA) is 42.1 Å². The van der Waals surface area contributed by atoms with E-state index in [2.05, 4.69) is 31.9 Å². The van der Waals surface area contributed by atoms with Crippen molar-refractivity contribution in [1.29, 1.82) is 0 Å². The van der Waals surface area contributed by atoms with E-state index >= 15 is 0 Å². The molecule has 0 saturated carbocycles. The highest BCUT2D eigenvalue weighted by molar-refractivity contribution is 9.10. The fraction of sp³-hybridized carbons (Fsp3) is 0.545. The van der Waals surface area contributed by atoms with Crippen molar-refractivity contribution in [3.8, 4) is 0 Å². The minimum Gasteiger partial charge on any atom is -0.356 e. The molecule has 2 rings (SSSR count). The molecule has 0 bridgehead atoms. The number of halogens is 1. The molecule has 1 unspecified atom stereocenters. The molecule has 0 aliphatic carbocycles. The monoisotopic (exact) mass is 269 g/mol. The van der Waals surface area contributed by atoms with Gasteiger partial charge in [-0.05, 0) is 53.4 Å². The van der Waals surface area contributed by atoms with Crippen molar-refractivity contribution in [2.75, 3.05) is 24.5 Å². The lowest BCUT2D eigenvalue weighted by atomic mass is 9.98. The lowest BCUT2D eigenvalue weighted by Gasteiger charge is -2.33. The van der Waals surface area contributed by atoms with Crippen molar-refractivity contribution >= 4 is 21.7 Å². The van der Waals surface area contributed by atoms with Crippen LogP contribution in [0.3, 0.4) is 0 Å². The Morgan fingerprint density at radius 2 is 2.40 bits per heavy atom. The van der Waals surface area contributed by atoms with Crippen LogP contribution in [0.15, 0.2) is 22.8 Å². The maximum Gasteiger partial charge on any atom is 0.129 e. The number of nitrogens with zero attached hydrogens (tertiary/aromatic N) is 2. The number of hydrogen-bond donors (Lipinski definition) is 1. The van der Waals surface area contributed by atoms with Crippen LogP contribution < -0.4 is 10.6 Å². The van der Waals surface area contributed by atoms with E-state index in [9.17, 15) is 0 Å². The van der Waals surface area contributed by atoms with Crippen LogP contribution in [0.25, 0.3) is 0 Å². The van der Waals surface area contributed by atoms with Gasteiger partial charge in [0.25, 0.3) is 0 Å². The maximum absolute atomic E-state index is 5.72. The van der Waals surface area contributed by atoms with Crippen LogP contribution in [0.5, 0.6) is 0 Å². The van der Waals surface area contributed by atoms with Crippen LogP contribution in [-0.4, -0.2) is 24.6 Å². The molecule has 1 atom stereocenters. The third-order valence-corrected chi connectivity index (χ3v) is 3.32. The lowest BCUT2D eigenvalue weighted by Crippen LogP contribution is -2.38. The van der Waals surface area contributed by atoms with Gasteiger partial charge in [-0.1, -0.05) is 6.07 Å². The second kappa shape index (κ2) is 4.94. The highest BCUT2D eigenvalue weighted by Crippen LogP contribution is 2.22. The smallest absolute Gasteiger partial charge is 0.129 e. The van der Waals surface area contributed by atoms with Crippen molar-refractivity contribution < 1.29 is 0 Å². The zero-order valence-electron chi connectivity index (χ0n) is 8.69. The summed E-state index contributed by atoms with van der Waals surface area (Å²) in [5, 5.41) is 0. The second-order valence-electron chi connectivity index (χ2n) is 4.01. The summed E-state index contributed by atoms with van der Waals surface area (Å²) in [5.41, 5.74) is 5.72. The van der Waals surface area contributed by atoms with Crippen LogP contribution in [-0.2, 0) is 0 Å². The highest BCUT2D eigenvalue weighted by atomic mass is 79.9. The minimum absolute atomic E-state index is 0.625.